The Labute approximate surface area is 163 Å². The van der Waals surface area contributed by atoms with Crippen LogP contribution in [0.15, 0.2) is 47.3 Å². The van der Waals surface area contributed by atoms with Gasteiger partial charge in [0.05, 0.1) is 11.1 Å². The Morgan fingerprint density at radius 2 is 1.61 bits per heavy atom. The van der Waals surface area contributed by atoms with Gasteiger partial charge >= 0.3 is 0 Å². The fourth-order valence-electron chi connectivity index (χ4n) is 3.34. The van der Waals surface area contributed by atoms with Crippen molar-refractivity contribution in [3.05, 3.63) is 69.6 Å². The summed E-state index contributed by atoms with van der Waals surface area (Å²) in [5.41, 5.74) is 1.52. The first-order chi connectivity index (χ1) is 13.4. The lowest BCUT2D eigenvalue weighted by molar-refractivity contribution is -0.124. The van der Waals surface area contributed by atoms with E-state index in [-0.39, 0.29) is 11.5 Å². The van der Waals surface area contributed by atoms with E-state index < -0.39 is 17.9 Å². The van der Waals surface area contributed by atoms with Gasteiger partial charge in [0.2, 0.25) is 5.91 Å². The number of pyridine rings is 1. The predicted molar refractivity (Wildman–Crippen MR) is 104 cm³/mol. The third kappa shape index (κ3) is 3.74. The van der Waals surface area contributed by atoms with Gasteiger partial charge in [-0.05, 0) is 44.9 Å². The van der Waals surface area contributed by atoms with E-state index in [0.717, 1.165) is 17.0 Å². The molecule has 1 unspecified atom stereocenters. The predicted octanol–water partition coefficient (Wildman–Crippen LogP) is 1.74. The lowest BCUT2D eigenvalue weighted by atomic mass is 10.1. The summed E-state index contributed by atoms with van der Waals surface area (Å²) in [6.07, 6.45) is 1.41. The molecule has 0 fully saturated rings. The third-order valence-corrected chi connectivity index (χ3v) is 4.97. The lowest BCUT2D eigenvalue weighted by Crippen LogP contribution is -2.48. The minimum Gasteiger partial charge on any atom is -0.354 e. The molecular weight excluding hydrogens is 358 g/mol. The van der Waals surface area contributed by atoms with Gasteiger partial charge in [-0.2, -0.15) is 0 Å². The molecule has 7 heteroatoms. The molecule has 7 nitrogen and oxygen atoms in total. The van der Waals surface area contributed by atoms with Crippen LogP contribution in [-0.4, -0.2) is 39.8 Å². The molecule has 3 amide bonds. The Balaban J connectivity index is 1.50. The highest BCUT2D eigenvalue weighted by molar-refractivity contribution is 6.22. The molecule has 28 heavy (non-hydrogen) atoms. The van der Waals surface area contributed by atoms with Crippen molar-refractivity contribution < 1.29 is 14.4 Å². The zero-order valence-electron chi connectivity index (χ0n) is 16.0. The number of rotatable bonds is 7. The van der Waals surface area contributed by atoms with E-state index >= 15 is 0 Å². The standard InChI is InChI=1S/C21H23N3O4/c1-14-8-7-11-18(25)23(14)13-6-5-12-22-19(26)15(2)24-20(27)16-9-3-4-10-17(16)21(24)28/h3-4,7-11,15H,5-6,12-13H2,1-2H3,(H,22,26). The van der Waals surface area contributed by atoms with Crippen LogP contribution in [-0.2, 0) is 11.3 Å². The minimum atomic E-state index is -0.883. The summed E-state index contributed by atoms with van der Waals surface area (Å²) in [6.45, 7) is 4.42. The van der Waals surface area contributed by atoms with Crippen LogP contribution in [0.5, 0.6) is 0 Å². The number of aromatic nitrogens is 1. The van der Waals surface area contributed by atoms with E-state index in [1.165, 1.54) is 6.07 Å². The van der Waals surface area contributed by atoms with Crippen LogP contribution in [0.3, 0.4) is 0 Å². The minimum absolute atomic E-state index is 0.0386. The second-order valence-electron chi connectivity index (χ2n) is 6.86. The molecule has 3 rings (SSSR count). The van der Waals surface area contributed by atoms with Gasteiger partial charge < -0.3 is 9.88 Å². The maximum Gasteiger partial charge on any atom is 0.262 e. The number of unbranched alkanes of at least 4 members (excludes halogenated alkanes) is 1. The molecule has 1 atom stereocenters. The molecule has 0 aliphatic carbocycles. The van der Waals surface area contributed by atoms with Crippen molar-refractivity contribution in [1.29, 1.82) is 0 Å². The number of amides is 3. The summed E-state index contributed by atoms with van der Waals surface area (Å²) < 4.78 is 1.70. The molecule has 1 aliphatic heterocycles. The van der Waals surface area contributed by atoms with Gasteiger partial charge in [-0.3, -0.25) is 24.1 Å². The van der Waals surface area contributed by atoms with Crippen molar-refractivity contribution in [2.45, 2.75) is 39.3 Å². The Hall–Kier alpha value is -3.22. The molecule has 146 valence electrons. The first-order valence-corrected chi connectivity index (χ1v) is 9.33. The normalized spacial score (nSPS) is 14.1. The second kappa shape index (κ2) is 8.21. The first kappa shape index (κ1) is 19.5. The van der Waals surface area contributed by atoms with Crippen LogP contribution < -0.4 is 10.9 Å². The van der Waals surface area contributed by atoms with Crippen molar-refractivity contribution in [1.82, 2.24) is 14.8 Å². The summed E-state index contributed by atoms with van der Waals surface area (Å²) >= 11 is 0. The quantitative estimate of drug-likeness (QED) is 0.584. The highest BCUT2D eigenvalue weighted by atomic mass is 16.2. The number of imide groups is 1. The van der Waals surface area contributed by atoms with Gasteiger partial charge in [0.15, 0.2) is 0 Å². The molecule has 0 bridgehead atoms. The van der Waals surface area contributed by atoms with Gasteiger partial charge in [-0.15, -0.1) is 0 Å². The van der Waals surface area contributed by atoms with Crippen molar-refractivity contribution in [2.24, 2.45) is 0 Å². The SMILES string of the molecule is Cc1cccc(=O)n1CCCCNC(=O)C(C)N1C(=O)c2ccccc2C1=O. The van der Waals surface area contributed by atoms with Crippen molar-refractivity contribution in [2.75, 3.05) is 6.54 Å². The summed E-state index contributed by atoms with van der Waals surface area (Å²) in [7, 11) is 0. The largest absolute Gasteiger partial charge is 0.354 e. The van der Waals surface area contributed by atoms with E-state index in [1.807, 2.05) is 13.0 Å². The topological polar surface area (TPSA) is 88.5 Å². The number of fused-ring (bicyclic) bond motifs is 1. The van der Waals surface area contributed by atoms with Gasteiger partial charge in [0.1, 0.15) is 6.04 Å². The number of hydrogen-bond donors (Lipinski definition) is 1. The zero-order valence-corrected chi connectivity index (χ0v) is 16.0. The molecule has 1 aliphatic rings. The van der Waals surface area contributed by atoms with Crippen LogP contribution in [0, 0.1) is 6.92 Å². The van der Waals surface area contributed by atoms with E-state index in [1.54, 1.807) is 41.8 Å². The van der Waals surface area contributed by atoms with Crippen LogP contribution in [0.2, 0.25) is 0 Å². The highest BCUT2D eigenvalue weighted by Gasteiger charge is 2.40. The molecule has 0 spiro atoms. The van der Waals surface area contributed by atoms with Crippen molar-refractivity contribution in [3.63, 3.8) is 0 Å². The lowest BCUT2D eigenvalue weighted by Gasteiger charge is -2.21. The molecule has 2 heterocycles. The third-order valence-electron chi connectivity index (χ3n) is 4.97. The highest BCUT2D eigenvalue weighted by Crippen LogP contribution is 2.24. The molecule has 0 saturated heterocycles. The Bertz CT molecular complexity index is 945. The van der Waals surface area contributed by atoms with E-state index in [2.05, 4.69) is 5.32 Å². The Morgan fingerprint density at radius 1 is 0.964 bits per heavy atom. The summed E-state index contributed by atoms with van der Waals surface area (Å²) in [6, 6.07) is 10.8. The molecular formula is C21H23N3O4. The maximum absolute atomic E-state index is 12.4. The molecule has 2 aromatic rings. The van der Waals surface area contributed by atoms with Crippen LogP contribution in [0.1, 0.15) is 46.2 Å². The van der Waals surface area contributed by atoms with Gasteiger partial charge in [-0.25, -0.2) is 0 Å². The number of carbonyl (C=O) groups is 3. The maximum atomic E-state index is 12.4. The number of aryl methyl sites for hydroxylation is 1. The summed E-state index contributed by atoms with van der Waals surface area (Å²) in [5, 5.41) is 2.77. The number of carbonyl (C=O) groups excluding carboxylic acids is 3. The zero-order chi connectivity index (χ0) is 20.3. The fourth-order valence-corrected chi connectivity index (χ4v) is 3.34. The Morgan fingerprint density at radius 3 is 2.21 bits per heavy atom. The molecule has 1 N–H and O–H groups in total. The van der Waals surface area contributed by atoms with E-state index in [0.29, 0.717) is 30.6 Å². The average Bonchev–Trinajstić information content (AvgIpc) is 2.94. The average molecular weight is 381 g/mol. The van der Waals surface area contributed by atoms with Crippen molar-refractivity contribution >= 4 is 17.7 Å². The summed E-state index contributed by atoms with van der Waals surface area (Å²) in [5.74, 6) is -1.26. The number of hydrogen-bond acceptors (Lipinski definition) is 4. The monoisotopic (exact) mass is 381 g/mol. The number of nitrogens with zero attached hydrogens (tertiary/aromatic N) is 2. The molecule has 0 saturated carbocycles. The fraction of sp³-hybridized carbons (Fsp3) is 0.333. The number of benzene rings is 1. The Kier molecular flexibility index (Phi) is 5.73. The number of nitrogens with one attached hydrogen (secondary N) is 1. The molecule has 1 aromatic carbocycles. The van der Waals surface area contributed by atoms with E-state index in [4.69, 9.17) is 0 Å². The van der Waals surface area contributed by atoms with Crippen LogP contribution in [0.25, 0.3) is 0 Å². The van der Waals surface area contributed by atoms with Crippen molar-refractivity contribution in [3.8, 4) is 0 Å². The van der Waals surface area contributed by atoms with Gasteiger partial charge in [-0.1, -0.05) is 18.2 Å². The van der Waals surface area contributed by atoms with Gasteiger partial charge in [0, 0.05) is 24.8 Å². The van der Waals surface area contributed by atoms with Crippen LogP contribution in [0.4, 0.5) is 0 Å². The van der Waals surface area contributed by atoms with E-state index in [9.17, 15) is 19.2 Å². The molecule has 1 aromatic heterocycles. The second-order valence-corrected chi connectivity index (χ2v) is 6.86. The molecule has 0 radical (unpaired) electrons. The first-order valence-electron chi connectivity index (χ1n) is 9.33. The smallest absolute Gasteiger partial charge is 0.262 e. The van der Waals surface area contributed by atoms with Gasteiger partial charge in [0.25, 0.3) is 17.4 Å². The summed E-state index contributed by atoms with van der Waals surface area (Å²) in [4.78, 5) is 50.1. The van der Waals surface area contributed by atoms with Crippen LogP contribution >= 0.6 is 0 Å².